The topological polar surface area (TPSA) is 58.6 Å². The Labute approximate surface area is 210 Å². The van der Waals surface area contributed by atoms with Crippen molar-refractivity contribution in [1.82, 2.24) is 0 Å². The number of amides is 2. The molecule has 2 amide bonds. The van der Waals surface area contributed by atoms with E-state index in [0.29, 0.717) is 25.7 Å². The smallest absolute Gasteiger partial charge is 0.270 e. The summed E-state index contributed by atoms with van der Waals surface area (Å²) in [6.45, 7) is -0.220. The van der Waals surface area contributed by atoms with Crippen molar-refractivity contribution >= 4 is 80.8 Å². The number of nitrogens with zero attached hydrogens (tertiary/aromatic N) is 1. The Kier molecular flexibility index (Phi) is 7.35. The molecule has 0 aliphatic carbocycles. The van der Waals surface area contributed by atoms with Crippen LogP contribution in [-0.2, 0) is 9.59 Å². The molecule has 0 aromatic heterocycles. The summed E-state index contributed by atoms with van der Waals surface area (Å²) >= 11 is 18.7. The molecule has 1 N–H and O–H groups in total. The number of hydrogen-bond acceptors (Lipinski definition) is 5. The van der Waals surface area contributed by atoms with E-state index in [-0.39, 0.29) is 23.4 Å². The number of carbonyl (C=O) groups is 2. The Morgan fingerprint density at radius 2 is 1.82 bits per heavy atom. The maximum atomic E-state index is 12.9. The van der Waals surface area contributed by atoms with Crippen LogP contribution in [0.5, 0.6) is 5.75 Å². The van der Waals surface area contributed by atoms with Crippen molar-refractivity contribution in [2.24, 2.45) is 0 Å². The predicted octanol–water partition coefficient (Wildman–Crippen LogP) is 6.42. The molecule has 0 spiro atoms. The van der Waals surface area contributed by atoms with Gasteiger partial charge in [0.2, 0.25) is 0 Å². The van der Waals surface area contributed by atoms with Crippen LogP contribution in [-0.4, -0.2) is 22.7 Å². The normalized spacial score (nSPS) is 14.6. The fraction of sp³-hybridized carbons (Fsp3) is 0.0417. The van der Waals surface area contributed by atoms with Gasteiger partial charge in [0.1, 0.15) is 5.75 Å². The summed E-state index contributed by atoms with van der Waals surface area (Å²) in [5.41, 5.74) is 1.89. The van der Waals surface area contributed by atoms with Crippen LogP contribution in [0.15, 0.2) is 77.7 Å². The van der Waals surface area contributed by atoms with Gasteiger partial charge in [0.15, 0.2) is 10.9 Å². The first kappa shape index (κ1) is 23.3. The maximum absolute atomic E-state index is 12.9. The second-order valence-corrected chi connectivity index (χ2v) is 9.32. The van der Waals surface area contributed by atoms with E-state index in [1.54, 1.807) is 42.5 Å². The summed E-state index contributed by atoms with van der Waals surface area (Å²) in [7, 11) is 0. The lowest BCUT2D eigenvalue weighted by Gasteiger charge is -2.13. The van der Waals surface area contributed by atoms with Crippen LogP contribution in [0.4, 0.5) is 11.4 Å². The Hall–Kier alpha value is -2.84. The van der Waals surface area contributed by atoms with E-state index < -0.39 is 0 Å². The molecule has 1 saturated heterocycles. The van der Waals surface area contributed by atoms with Crippen LogP contribution in [0.2, 0.25) is 10.0 Å². The van der Waals surface area contributed by atoms with E-state index in [0.717, 1.165) is 11.3 Å². The number of nitrogens with one attached hydrogen (secondary N) is 1. The summed E-state index contributed by atoms with van der Waals surface area (Å²) in [6, 6.07) is 21.3. The molecule has 9 heteroatoms. The summed E-state index contributed by atoms with van der Waals surface area (Å²) in [5.74, 6) is -0.0803. The number of thioether (sulfide) groups is 1. The van der Waals surface area contributed by atoms with Gasteiger partial charge in [-0.25, -0.2) is 0 Å². The van der Waals surface area contributed by atoms with Crippen molar-refractivity contribution in [3.8, 4) is 5.75 Å². The van der Waals surface area contributed by atoms with Crippen molar-refractivity contribution < 1.29 is 14.3 Å². The van der Waals surface area contributed by atoms with Crippen LogP contribution in [0, 0.1) is 0 Å². The van der Waals surface area contributed by atoms with Gasteiger partial charge in [-0.2, -0.15) is 0 Å². The molecule has 1 aliphatic heterocycles. The zero-order valence-corrected chi connectivity index (χ0v) is 20.1. The summed E-state index contributed by atoms with van der Waals surface area (Å²) in [5, 5.41) is 3.28. The minimum atomic E-state index is -0.381. The third-order valence-corrected chi connectivity index (χ3v) is 6.68. The number of rotatable bonds is 6. The highest BCUT2D eigenvalue weighted by Crippen LogP contribution is 2.36. The molecule has 4 rings (SSSR count). The second kappa shape index (κ2) is 10.4. The van der Waals surface area contributed by atoms with Crippen molar-refractivity contribution in [1.29, 1.82) is 0 Å². The van der Waals surface area contributed by atoms with Crippen molar-refractivity contribution in [3.05, 3.63) is 93.3 Å². The van der Waals surface area contributed by atoms with Gasteiger partial charge in [-0.3, -0.25) is 14.5 Å². The molecule has 0 unspecified atom stereocenters. The van der Waals surface area contributed by atoms with Crippen LogP contribution in [0.3, 0.4) is 0 Å². The summed E-state index contributed by atoms with van der Waals surface area (Å²) in [4.78, 5) is 27.2. The zero-order valence-electron chi connectivity index (χ0n) is 17.0. The third kappa shape index (κ3) is 5.57. The van der Waals surface area contributed by atoms with E-state index in [9.17, 15) is 9.59 Å². The van der Waals surface area contributed by atoms with E-state index >= 15 is 0 Å². The average Bonchev–Trinajstić information content (AvgIpc) is 3.09. The number of anilines is 2. The molecule has 166 valence electrons. The minimum Gasteiger partial charge on any atom is -0.484 e. The number of para-hydroxylation sites is 1. The quantitative estimate of drug-likeness (QED) is 0.304. The third-order valence-electron chi connectivity index (χ3n) is 4.56. The molecule has 3 aromatic rings. The SMILES string of the molecule is O=C(COc1cccc(/C=C2\SC(=S)N(c3ccccc3)C2=O)c1)Nc1cccc(Cl)c1Cl. The maximum Gasteiger partial charge on any atom is 0.270 e. The molecule has 1 aliphatic rings. The lowest BCUT2D eigenvalue weighted by atomic mass is 10.2. The van der Waals surface area contributed by atoms with E-state index in [1.165, 1.54) is 16.7 Å². The Morgan fingerprint density at radius 1 is 1.06 bits per heavy atom. The number of thiocarbonyl (C=S) groups is 1. The number of hydrogen-bond donors (Lipinski definition) is 1. The fourth-order valence-corrected chi connectivity index (χ4v) is 4.70. The average molecular weight is 515 g/mol. The highest BCUT2D eigenvalue weighted by Gasteiger charge is 2.33. The molecule has 0 bridgehead atoms. The largest absolute Gasteiger partial charge is 0.484 e. The fourth-order valence-electron chi connectivity index (χ4n) is 3.05. The summed E-state index contributed by atoms with van der Waals surface area (Å²) < 4.78 is 6.08. The Morgan fingerprint density at radius 3 is 2.61 bits per heavy atom. The van der Waals surface area contributed by atoms with Crippen molar-refractivity contribution in [3.63, 3.8) is 0 Å². The van der Waals surface area contributed by atoms with Crippen LogP contribution in [0.1, 0.15) is 5.56 Å². The Balaban J connectivity index is 1.42. The van der Waals surface area contributed by atoms with Gasteiger partial charge in [0.25, 0.3) is 11.8 Å². The second-order valence-electron chi connectivity index (χ2n) is 6.86. The van der Waals surface area contributed by atoms with Crippen LogP contribution >= 0.6 is 47.2 Å². The molecule has 1 fully saturated rings. The van der Waals surface area contributed by atoms with Gasteiger partial charge in [-0.05, 0) is 48.0 Å². The van der Waals surface area contributed by atoms with Crippen molar-refractivity contribution in [2.75, 3.05) is 16.8 Å². The monoisotopic (exact) mass is 514 g/mol. The zero-order chi connectivity index (χ0) is 23.4. The highest BCUT2D eigenvalue weighted by atomic mass is 35.5. The van der Waals surface area contributed by atoms with Gasteiger partial charge in [0, 0.05) is 0 Å². The molecule has 0 saturated carbocycles. The van der Waals surface area contributed by atoms with E-state index in [4.69, 9.17) is 40.2 Å². The predicted molar refractivity (Wildman–Crippen MR) is 139 cm³/mol. The molecule has 33 heavy (non-hydrogen) atoms. The van der Waals surface area contributed by atoms with Gasteiger partial charge in [0.05, 0.1) is 26.3 Å². The van der Waals surface area contributed by atoms with Gasteiger partial charge < -0.3 is 10.1 Å². The van der Waals surface area contributed by atoms with Crippen LogP contribution in [0.25, 0.3) is 6.08 Å². The van der Waals surface area contributed by atoms with Gasteiger partial charge in [-0.1, -0.05) is 83.6 Å². The van der Waals surface area contributed by atoms with E-state index in [2.05, 4.69) is 5.32 Å². The minimum absolute atomic E-state index is 0.180. The van der Waals surface area contributed by atoms with Crippen molar-refractivity contribution in [2.45, 2.75) is 0 Å². The molecule has 3 aromatic carbocycles. The first-order valence-electron chi connectivity index (χ1n) is 9.72. The highest BCUT2D eigenvalue weighted by molar-refractivity contribution is 8.27. The molecule has 0 atom stereocenters. The van der Waals surface area contributed by atoms with Crippen LogP contribution < -0.4 is 15.0 Å². The van der Waals surface area contributed by atoms with Gasteiger partial charge >= 0.3 is 0 Å². The first-order chi connectivity index (χ1) is 15.9. The number of ether oxygens (including phenoxy) is 1. The molecular formula is C24H16Cl2N2O3S2. The molecule has 1 heterocycles. The Bertz CT molecular complexity index is 1270. The molecular weight excluding hydrogens is 499 g/mol. The summed E-state index contributed by atoms with van der Waals surface area (Å²) in [6.07, 6.45) is 1.75. The number of halogens is 2. The molecule has 0 radical (unpaired) electrons. The molecule has 5 nitrogen and oxygen atoms in total. The van der Waals surface area contributed by atoms with Gasteiger partial charge in [-0.15, -0.1) is 0 Å². The lowest BCUT2D eigenvalue weighted by molar-refractivity contribution is -0.118. The number of carbonyl (C=O) groups excluding carboxylic acids is 2. The standard InChI is InChI=1S/C24H16Cl2N2O3S2/c25-18-10-5-11-19(22(18)26)27-21(29)14-31-17-9-4-6-15(12-17)13-20-23(30)28(24(32)33-20)16-7-2-1-3-8-16/h1-13H,14H2,(H,27,29)/b20-13-. The number of benzene rings is 3. The van der Waals surface area contributed by atoms with E-state index in [1.807, 2.05) is 36.4 Å². The lowest BCUT2D eigenvalue weighted by Crippen LogP contribution is -2.27. The first-order valence-corrected chi connectivity index (χ1v) is 11.7.